The van der Waals surface area contributed by atoms with Crippen LogP contribution < -0.4 is 5.32 Å². The van der Waals surface area contributed by atoms with Gasteiger partial charge in [0.25, 0.3) is 5.91 Å². The van der Waals surface area contributed by atoms with E-state index < -0.39 is 24.2 Å². The molecule has 0 aliphatic heterocycles. The van der Waals surface area contributed by atoms with Gasteiger partial charge in [0.15, 0.2) is 5.76 Å². The summed E-state index contributed by atoms with van der Waals surface area (Å²) in [5, 5.41) is 18.8. The topological polar surface area (TPSA) is 86.6 Å². The molecule has 0 saturated carbocycles. The molecule has 0 atom stereocenters. The fourth-order valence-corrected chi connectivity index (χ4v) is 0.403. The van der Waals surface area contributed by atoms with Crippen LogP contribution >= 0.6 is 0 Å². The highest BCUT2D eigenvalue weighted by atomic mass is 16.3. The minimum atomic E-state index is -0.745. The Labute approximate surface area is 74.7 Å². The van der Waals surface area contributed by atoms with E-state index in [1.54, 1.807) is 0 Å². The van der Waals surface area contributed by atoms with Crippen molar-refractivity contribution >= 4 is 11.8 Å². The van der Waals surface area contributed by atoms with Crippen LogP contribution in [0.5, 0.6) is 0 Å². The van der Waals surface area contributed by atoms with Gasteiger partial charge in [0, 0.05) is 6.08 Å². The summed E-state index contributed by atoms with van der Waals surface area (Å²) in [6, 6.07) is 0. The fourth-order valence-electron chi connectivity index (χ4n) is 0.403. The molecule has 0 radical (unpaired) electrons. The van der Waals surface area contributed by atoms with Crippen LogP contribution in [-0.2, 0) is 9.59 Å². The summed E-state index contributed by atoms with van der Waals surface area (Å²) in [5.74, 6) is -1.88. The molecule has 0 unspecified atom stereocenters. The number of amides is 2. The Balaban J connectivity index is 4.24. The van der Waals surface area contributed by atoms with Crippen molar-refractivity contribution in [3.63, 3.8) is 0 Å². The maximum Gasteiger partial charge on any atom is 0.258 e. The first-order chi connectivity index (χ1) is 6.10. The Hall–Kier alpha value is -1.84. The van der Waals surface area contributed by atoms with Crippen LogP contribution in [0.3, 0.4) is 0 Å². The van der Waals surface area contributed by atoms with Gasteiger partial charge in [-0.05, 0) is 6.08 Å². The smallest absolute Gasteiger partial charge is 0.258 e. The van der Waals surface area contributed by atoms with E-state index >= 15 is 0 Å². The average molecular weight is 183 g/mol. The van der Waals surface area contributed by atoms with E-state index in [4.69, 9.17) is 10.2 Å². The highest BCUT2D eigenvalue weighted by molar-refractivity contribution is 6.04. The second-order valence-electron chi connectivity index (χ2n) is 1.95. The molecule has 0 fully saturated rings. The number of carbonyl (C=O) groups is 2. The lowest BCUT2D eigenvalue weighted by atomic mass is 10.4. The third-order valence-corrected chi connectivity index (χ3v) is 0.951. The molecule has 0 saturated heterocycles. The van der Waals surface area contributed by atoms with Gasteiger partial charge in [0.2, 0.25) is 5.91 Å². The minimum absolute atomic E-state index is 0.485. The molecule has 0 aromatic heterocycles. The normalized spacial score (nSPS) is 8.08. The summed E-state index contributed by atoms with van der Waals surface area (Å²) < 4.78 is 0. The van der Waals surface area contributed by atoms with Crippen LogP contribution in [0.1, 0.15) is 0 Å². The van der Waals surface area contributed by atoms with Gasteiger partial charge in [0.05, 0.1) is 0 Å². The third-order valence-electron chi connectivity index (χ3n) is 0.951. The highest BCUT2D eigenvalue weighted by Gasteiger charge is 1.98. The molecule has 5 heteroatoms. The molecule has 0 aliphatic rings. The van der Waals surface area contributed by atoms with Crippen LogP contribution in [0, 0.1) is 0 Å². The predicted molar refractivity (Wildman–Crippen MR) is 44.7 cm³/mol. The first-order valence-electron chi connectivity index (χ1n) is 3.33. The molecule has 3 N–H and O–H groups in total. The monoisotopic (exact) mass is 183 g/mol. The van der Waals surface area contributed by atoms with Crippen molar-refractivity contribution in [1.29, 1.82) is 0 Å². The average Bonchev–Trinajstić information content (AvgIpc) is 2.13. The summed E-state index contributed by atoms with van der Waals surface area (Å²) in [6.07, 6.45) is 1.73. The van der Waals surface area contributed by atoms with Crippen molar-refractivity contribution in [2.24, 2.45) is 0 Å². The van der Waals surface area contributed by atoms with Crippen molar-refractivity contribution < 1.29 is 19.8 Å². The van der Waals surface area contributed by atoms with Gasteiger partial charge >= 0.3 is 0 Å². The van der Waals surface area contributed by atoms with E-state index in [-0.39, 0.29) is 0 Å². The standard InChI is InChI=1S/C8H9NO4/c1-2-7(12)9-8(13)4-3-6(11)5-10/h2,4,10-11H,1,5H2,(H,9,12,13). The molecule has 0 spiro atoms. The Morgan fingerprint density at radius 1 is 1.46 bits per heavy atom. The summed E-state index contributed by atoms with van der Waals surface area (Å²) >= 11 is 0. The molecule has 2 amide bonds. The zero-order valence-corrected chi connectivity index (χ0v) is 6.78. The maximum absolute atomic E-state index is 10.7. The molecule has 0 aromatic carbocycles. The van der Waals surface area contributed by atoms with E-state index in [1.807, 2.05) is 5.32 Å². The predicted octanol–water partition coefficient (Wildman–Crippen LogP) is -0.595. The van der Waals surface area contributed by atoms with Crippen LogP contribution in [0.15, 0.2) is 30.2 Å². The second kappa shape index (κ2) is 5.77. The van der Waals surface area contributed by atoms with Crippen molar-refractivity contribution in [3.8, 4) is 0 Å². The van der Waals surface area contributed by atoms with Crippen molar-refractivity contribution in [1.82, 2.24) is 5.32 Å². The van der Waals surface area contributed by atoms with Crippen LogP contribution in [0.4, 0.5) is 0 Å². The fraction of sp³-hybridized carbons (Fsp3) is 0.125. The third kappa shape index (κ3) is 5.43. The van der Waals surface area contributed by atoms with Gasteiger partial charge in [-0.3, -0.25) is 14.9 Å². The molecule has 0 rings (SSSR count). The Morgan fingerprint density at radius 2 is 2.08 bits per heavy atom. The number of aliphatic hydroxyl groups is 2. The largest absolute Gasteiger partial charge is 0.502 e. The van der Waals surface area contributed by atoms with Gasteiger partial charge in [-0.15, -0.1) is 0 Å². The summed E-state index contributed by atoms with van der Waals surface area (Å²) in [5.41, 5.74) is 2.06. The number of hydrogen-bond acceptors (Lipinski definition) is 4. The van der Waals surface area contributed by atoms with Crippen LogP contribution in [-0.4, -0.2) is 28.6 Å². The van der Waals surface area contributed by atoms with E-state index in [9.17, 15) is 9.59 Å². The lowest BCUT2D eigenvalue weighted by Crippen LogP contribution is -2.26. The first-order valence-corrected chi connectivity index (χ1v) is 3.33. The van der Waals surface area contributed by atoms with E-state index in [2.05, 4.69) is 12.3 Å². The molecule has 0 heterocycles. The van der Waals surface area contributed by atoms with Crippen molar-refractivity contribution in [2.75, 3.05) is 6.61 Å². The molecule has 0 bridgehead atoms. The number of nitrogens with one attached hydrogen (secondary N) is 1. The molecule has 13 heavy (non-hydrogen) atoms. The number of carbonyl (C=O) groups excluding carboxylic acids is 2. The molecule has 70 valence electrons. The number of imide groups is 1. The summed E-state index contributed by atoms with van der Waals surface area (Å²) in [7, 11) is 0. The quantitative estimate of drug-likeness (QED) is 0.310. The lowest BCUT2D eigenvalue weighted by molar-refractivity contribution is -0.125. The van der Waals surface area contributed by atoms with Gasteiger partial charge < -0.3 is 10.2 Å². The van der Waals surface area contributed by atoms with Crippen LogP contribution in [0.2, 0.25) is 0 Å². The minimum Gasteiger partial charge on any atom is -0.502 e. The van der Waals surface area contributed by atoms with Gasteiger partial charge in [-0.1, -0.05) is 12.3 Å². The van der Waals surface area contributed by atoms with Crippen molar-refractivity contribution in [2.45, 2.75) is 0 Å². The van der Waals surface area contributed by atoms with Gasteiger partial charge in [-0.2, -0.15) is 0 Å². The van der Waals surface area contributed by atoms with Gasteiger partial charge in [-0.25, -0.2) is 0 Å². The molecule has 0 aromatic rings. The maximum atomic E-state index is 10.7. The lowest BCUT2D eigenvalue weighted by Gasteiger charge is -1.92. The number of rotatable bonds is 3. The number of aliphatic hydroxyl groups excluding tert-OH is 2. The molecule has 0 aliphatic carbocycles. The zero-order chi connectivity index (χ0) is 10.3. The number of hydrogen-bond donors (Lipinski definition) is 3. The second-order valence-corrected chi connectivity index (χ2v) is 1.95. The van der Waals surface area contributed by atoms with Crippen molar-refractivity contribution in [3.05, 3.63) is 30.2 Å². The Morgan fingerprint density at radius 3 is 2.54 bits per heavy atom. The highest BCUT2D eigenvalue weighted by Crippen LogP contribution is 1.80. The Bertz CT molecular complexity index is 287. The molecular weight excluding hydrogens is 174 g/mol. The Kier molecular flexibility index (Phi) is 4.95. The zero-order valence-electron chi connectivity index (χ0n) is 6.78. The van der Waals surface area contributed by atoms with Crippen LogP contribution in [0.25, 0.3) is 0 Å². The van der Waals surface area contributed by atoms with Gasteiger partial charge in [0.1, 0.15) is 6.61 Å². The van der Waals surface area contributed by atoms with E-state index in [0.29, 0.717) is 0 Å². The summed E-state index contributed by atoms with van der Waals surface area (Å²) in [6.45, 7) is 2.52. The molecular formula is C8H9NO4. The van der Waals surface area contributed by atoms with E-state index in [0.717, 1.165) is 12.2 Å². The SMILES string of the molecule is C=CC(=O)NC(=O)C=C=C(O)CO. The van der Waals surface area contributed by atoms with E-state index in [1.165, 1.54) is 0 Å². The first kappa shape index (κ1) is 11.2. The molecule has 5 nitrogen and oxygen atoms in total. The summed E-state index contributed by atoms with van der Waals surface area (Å²) in [4.78, 5) is 21.2.